The number of carbonyl (C=O) groups is 1. The topological polar surface area (TPSA) is 46.9 Å². The Bertz CT molecular complexity index is 1010. The number of aryl methyl sites for hydroxylation is 1. The smallest absolute Gasteiger partial charge is 0.259 e. The van der Waals surface area contributed by atoms with Crippen LogP contribution in [-0.4, -0.2) is 15.7 Å². The number of carbonyl (C=O) groups excluding carboxylic acids is 1. The van der Waals surface area contributed by atoms with Crippen molar-refractivity contribution in [2.45, 2.75) is 46.6 Å². The van der Waals surface area contributed by atoms with E-state index in [4.69, 9.17) is 23.2 Å². The molecule has 0 saturated carbocycles. The van der Waals surface area contributed by atoms with Crippen LogP contribution >= 0.6 is 23.2 Å². The summed E-state index contributed by atoms with van der Waals surface area (Å²) in [6.07, 6.45) is 1.08. The van der Waals surface area contributed by atoms with Crippen LogP contribution in [0.1, 0.15) is 59.1 Å². The van der Waals surface area contributed by atoms with Crippen LogP contribution in [0.2, 0.25) is 10.0 Å². The van der Waals surface area contributed by atoms with E-state index in [-0.39, 0.29) is 5.91 Å². The van der Waals surface area contributed by atoms with E-state index in [0.29, 0.717) is 33.8 Å². The molecular weight excluding hydrogens is 405 g/mol. The molecule has 1 atom stereocenters. The van der Waals surface area contributed by atoms with Crippen LogP contribution < -0.4 is 5.32 Å². The van der Waals surface area contributed by atoms with E-state index < -0.39 is 0 Å². The maximum absolute atomic E-state index is 12.9. The molecule has 3 rings (SSSR count). The van der Waals surface area contributed by atoms with Gasteiger partial charge in [0, 0.05) is 27.0 Å². The zero-order valence-electron chi connectivity index (χ0n) is 17.1. The van der Waals surface area contributed by atoms with Gasteiger partial charge in [0.05, 0.1) is 17.8 Å². The van der Waals surface area contributed by atoms with Gasteiger partial charge in [-0.2, -0.15) is 5.10 Å². The SMILES string of the molecule is CCC(C)c1ccc(NC(=O)c2c(C)nn(Cc3c(Cl)cccc3Cl)c2C)cc1. The third kappa shape index (κ3) is 4.65. The lowest BCUT2D eigenvalue weighted by atomic mass is 9.98. The number of nitrogens with one attached hydrogen (secondary N) is 1. The van der Waals surface area contributed by atoms with E-state index in [2.05, 4.69) is 36.4 Å². The highest BCUT2D eigenvalue weighted by Gasteiger charge is 2.20. The first kappa shape index (κ1) is 21.4. The second-order valence-electron chi connectivity index (χ2n) is 7.29. The summed E-state index contributed by atoms with van der Waals surface area (Å²) in [6, 6.07) is 13.4. The Morgan fingerprint density at radius 2 is 1.72 bits per heavy atom. The van der Waals surface area contributed by atoms with Crippen molar-refractivity contribution >= 4 is 34.8 Å². The van der Waals surface area contributed by atoms with E-state index in [1.807, 2.05) is 26.0 Å². The number of benzene rings is 2. The van der Waals surface area contributed by atoms with Gasteiger partial charge in [0.2, 0.25) is 0 Å². The second kappa shape index (κ2) is 9.02. The first-order valence-electron chi connectivity index (χ1n) is 9.70. The quantitative estimate of drug-likeness (QED) is 0.478. The Balaban J connectivity index is 1.81. The highest BCUT2D eigenvalue weighted by molar-refractivity contribution is 6.36. The minimum Gasteiger partial charge on any atom is -0.322 e. The molecule has 0 bridgehead atoms. The molecule has 1 amide bonds. The van der Waals surface area contributed by atoms with Crippen molar-refractivity contribution in [2.24, 2.45) is 0 Å². The highest BCUT2D eigenvalue weighted by Crippen LogP contribution is 2.27. The van der Waals surface area contributed by atoms with Crippen molar-refractivity contribution in [3.63, 3.8) is 0 Å². The van der Waals surface area contributed by atoms with Crippen molar-refractivity contribution < 1.29 is 4.79 Å². The van der Waals surface area contributed by atoms with E-state index in [1.54, 1.807) is 22.9 Å². The number of hydrogen-bond donors (Lipinski definition) is 1. The van der Waals surface area contributed by atoms with Gasteiger partial charge >= 0.3 is 0 Å². The standard InChI is InChI=1S/C23H25Cl2N3O/c1-5-14(2)17-9-11-18(12-10-17)26-23(29)22-15(3)27-28(16(22)4)13-19-20(24)7-6-8-21(19)25/h6-12,14H,5,13H2,1-4H3,(H,26,29). The van der Waals surface area contributed by atoms with Crippen LogP contribution in [-0.2, 0) is 6.54 Å². The Labute approximate surface area is 181 Å². The molecule has 152 valence electrons. The maximum atomic E-state index is 12.9. The van der Waals surface area contributed by atoms with Crippen LogP contribution in [0.25, 0.3) is 0 Å². The summed E-state index contributed by atoms with van der Waals surface area (Å²) < 4.78 is 1.77. The molecule has 1 unspecified atom stereocenters. The molecule has 29 heavy (non-hydrogen) atoms. The van der Waals surface area contributed by atoms with Crippen molar-refractivity contribution in [1.29, 1.82) is 0 Å². The third-order valence-corrected chi connectivity index (χ3v) is 6.04. The van der Waals surface area contributed by atoms with Crippen LogP contribution in [0.15, 0.2) is 42.5 Å². The fourth-order valence-electron chi connectivity index (χ4n) is 3.34. The molecule has 0 aliphatic rings. The molecule has 0 saturated heterocycles. The molecule has 0 radical (unpaired) electrons. The molecule has 0 fully saturated rings. The molecular formula is C23H25Cl2N3O. The van der Waals surface area contributed by atoms with Crippen LogP contribution in [0.5, 0.6) is 0 Å². The van der Waals surface area contributed by atoms with Crippen molar-refractivity contribution in [3.05, 3.63) is 80.6 Å². The average molecular weight is 430 g/mol. The summed E-state index contributed by atoms with van der Waals surface area (Å²) in [5, 5.41) is 8.68. The summed E-state index contributed by atoms with van der Waals surface area (Å²) in [4.78, 5) is 12.9. The van der Waals surface area contributed by atoms with E-state index in [1.165, 1.54) is 5.56 Å². The summed E-state index contributed by atoms with van der Waals surface area (Å²) in [5.74, 6) is 0.326. The van der Waals surface area contributed by atoms with Crippen molar-refractivity contribution in [1.82, 2.24) is 9.78 Å². The number of amides is 1. The fourth-order valence-corrected chi connectivity index (χ4v) is 3.85. The van der Waals surface area contributed by atoms with Gasteiger partial charge in [0.15, 0.2) is 0 Å². The summed E-state index contributed by atoms with van der Waals surface area (Å²) in [6.45, 7) is 8.48. The van der Waals surface area contributed by atoms with Gasteiger partial charge in [-0.3, -0.25) is 9.48 Å². The highest BCUT2D eigenvalue weighted by atomic mass is 35.5. The zero-order valence-corrected chi connectivity index (χ0v) is 18.6. The molecule has 1 heterocycles. The molecule has 0 spiro atoms. The molecule has 3 aromatic rings. The Morgan fingerprint density at radius 1 is 1.10 bits per heavy atom. The summed E-state index contributed by atoms with van der Waals surface area (Å²) in [5.41, 5.74) is 4.82. The minimum atomic E-state index is -0.173. The van der Waals surface area contributed by atoms with Gasteiger partial charge in [0.25, 0.3) is 5.91 Å². The first-order valence-corrected chi connectivity index (χ1v) is 10.5. The molecule has 1 aromatic heterocycles. The number of hydrogen-bond acceptors (Lipinski definition) is 2. The van der Waals surface area contributed by atoms with Gasteiger partial charge < -0.3 is 5.32 Å². The number of nitrogens with zero attached hydrogens (tertiary/aromatic N) is 2. The van der Waals surface area contributed by atoms with Gasteiger partial charge in [-0.1, -0.05) is 55.2 Å². The number of halogens is 2. The zero-order chi connectivity index (χ0) is 21.1. The van der Waals surface area contributed by atoms with Gasteiger partial charge in [-0.25, -0.2) is 0 Å². The third-order valence-electron chi connectivity index (χ3n) is 5.33. The van der Waals surface area contributed by atoms with Crippen molar-refractivity contribution in [2.75, 3.05) is 5.32 Å². The van der Waals surface area contributed by atoms with Crippen LogP contribution in [0, 0.1) is 13.8 Å². The predicted molar refractivity (Wildman–Crippen MR) is 120 cm³/mol. The number of rotatable bonds is 6. The summed E-state index contributed by atoms with van der Waals surface area (Å²) in [7, 11) is 0. The predicted octanol–water partition coefficient (Wildman–Crippen LogP) is 6.62. The minimum absolute atomic E-state index is 0.173. The summed E-state index contributed by atoms with van der Waals surface area (Å²) >= 11 is 12.6. The second-order valence-corrected chi connectivity index (χ2v) is 8.10. The lowest BCUT2D eigenvalue weighted by Gasteiger charge is -2.11. The maximum Gasteiger partial charge on any atom is 0.259 e. The van der Waals surface area contributed by atoms with Gasteiger partial charge in [0.1, 0.15) is 0 Å². The van der Waals surface area contributed by atoms with Crippen LogP contribution in [0.3, 0.4) is 0 Å². The molecule has 1 N–H and O–H groups in total. The van der Waals surface area contributed by atoms with E-state index in [9.17, 15) is 4.79 Å². The molecule has 0 aliphatic heterocycles. The number of aromatic nitrogens is 2. The van der Waals surface area contributed by atoms with Crippen LogP contribution in [0.4, 0.5) is 5.69 Å². The van der Waals surface area contributed by atoms with Crippen molar-refractivity contribution in [3.8, 4) is 0 Å². The molecule has 0 aliphatic carbocycles. The lowest BCUT2D eigenvalue weighted by Crippen LogP contribution is -2.14. The normalized spacial score (nSPS) is 12.1. The molecule has 4 nitrogen and oxygen atoms in total. The Hall–Kier alpha value is -2.30. The monoisotopic (exact) mass is 429 g/mol. The molecule has 2 aromatic carbocycles. The molecule has 6 heteroatoms. The van der Waals surface area contributed by atoms with Gasteiger partial charge in [-0.05, 0) is 56.0 Å². The average Bonchev–Trinajstić information content (AvgIpc) is 2.98. The van der Waals surface area contributed by atoms with Gasteiger partial charge in [-0.15, -0.1) is 0 Å². The Morgan fingerprint density at radius 3 is 2.31 bits per heavy atom. The van der Waals surface area contributed by atoms with E-state index >= 15 is 0 Å². The van der Waals surface area contributed by atoms with E-state index in [0.717, 1.165) is 23.4 Å². The Kier molecular flexibility index (Phi) is 6.66. The first-order chi connectivity index (χ1) is 13.8. The lowest BCUT2D eigenvalue weighted by molar-refractivity contribution is 0.102. The fraction of sp³-hybridized carbons (Fsp3) is 0.304. The number of anilines is 1. The largest absolute Gasteiger partial charge is 0.322 e.